The number of hydrogen-bond acceptors (Lipinski definition) is 5. The SMILES string of the molecule is COc1cccc(/C(O)=C2\C(=O)C(=O)N(c3cccc(OC)c3)C2c2cn(C)c3ccccc23)c1. The van der Waals surface area contributed by atoms with Crippen LogP contribution in [0.1, 0.15) is 17.2 Å². The third kappa shape index (κ3) is 3.61. The zero-order valence-corrected chi connectivity index (χ0v) is 19.6. The average molecular weight is 469 g/mol. The molecule has 1 saturated heterocycles. The van der Waals surface area contributed by atoms with Crippen LogP contribution < -0.4 is 14.4 Å². The van der Waals surface area contributed by atoms with Crippen LogP contribution in [0.5, 0.6) is 11.5 Å². The molecule has 1 N–H and O–H groups in total. The van der Waals surface area contributed by atoms with Crippen molar-refractivity contribution in [3.63, 3.8) is 0 Å². The molecular weight excluding hydrogens is 444 g/mol. The van der Waals surface area contributed by atoms with Gasteiger partial charge in [0.2, 0.25) is 0 Å². The van der Waals surface area contributed by atoms with Crippen LogP contribution in [-0.4, -0.2) is 35.6 Å². The Hall–Kier alpha value is -4.52. The van der Waals surface area contributed by atoms with E-state index in [1.54, 1.807) is 48.5 Å². The van der Waals surface area contributed by atoms with Gasteiger partial charge < -0.3 is 19.1 Å². The molecule has 1 unspecified atom stereocenters. The summed E-state index contributed by atoms with van der Waals surface area (Å²) in [5.41, 5.74) is 2.57. The average Bonchev–Trinajstić information content (AvgIpc) is 3.36. The molecule has 1 atom stereocenters. The van der Waals surface area contributed by atoms with Crippen molar-refractivity contribution in [1.82, 2.24) is 4.57 Å². The van der Waals surface area contributed by atoms with Gasteiger partial charge in [-0.25, -0.2) is 0 Å². The van der Waals surface area contributed by atoms with Crippen LogP contribution in [0.2, 0.25) is 0 Å². The highest BCUT2D eigenvalue weighted by molar-refractivity contribution is 6.52. The minimum atomic E-state index is -0.848. The number of fused-ring (bicyclic) bond motifs is 1. The highest BCUT2D eigenvalue weighted by Gasteiger charge is 2.48. The van der Waals surface area contributed by atoms with Crippen molar-refractivity contribution < 1.29 is 24.2 Å². The molecule has 0 radical (unpaired) electrons. The minimum Gasteiger partial charge on any atom is -0.507 e. The van der Waals surface area contributed by atoms with E-state index in [4.69, 9.17) is 9.47 Å². The number of carbonyl (C=O) groups excluding carboxylic acids is 2. The molecule has 3 aromatic carbocycles. The number of nitrogens with zero attached hydrogens (tertiary/aromatic N) is 2. The van der Waals surface area contributed by atoms with Crippen molar-refractivity contribution in [2.75, 3.05) is 19.1 Å². The summed E-state index contributed by atoms with van der Waals surface area (Å²) in [6.45, 7) is 0. The number of aliphatic hydroxyl groups is 1. The monoisotopic (exact) mass is 468 g/mol. The van der Waals surface area contributed by atoms with Crippen molar-refractivity contribution in [2.45, 2.75) is 6.04 Å². The molecule has 1 aromatic heterocycles. The maximum absolute atomic E-state index is 13.5. The first kappa shape index (κ1) is 22.3. The summed E-state index contributed by atoms with van der Waals surface area (Å²) < 4.78 is 12.6. The lowest BCUT2D eigenvalue weighted by molar-refractivity contribution is -0.132. The number of benzene rings is 3. The van der Waals surface area contributed by atoms with Crippen molar-refractivity contribution in [1.29, 1.82) is 0 Å². The number of aliphatic hydroxyl groups excluding tert-OH is 1. The molecular formula is C28H24N2O5. The van der Waals surface area contributed by atoms with Crippen LogP contribution in [0.15, 0.2) is 84.6 Å². The first-order valence-electron chi connectivity index (χ1n) is 11.1. The number of methoxy groups -OCH3 is 2. The van der Waals surface area contributed by atoms with E-state index in [-0.39, 0.29) is 11.3 Å². The Bertz CT molecular complexity index is 1500. The fourth-order valence-electron chi connectivity index (χ4n) is 4.67. The molecule has 35 heavy (non-hydrogen) atoms. The van der Waals surface area contributed by atoms with Crippen molar-refractivity contribution in [3.8, 4) is 11.5 Å². The summed E-state index contributed by atoms with van der Waals surface area (Å²) in [6.07, 6.45) is 1.90. The second-order valence-corrected chi connectivity index (χ2v) is 8.32. The number of para-hydroxylation sites is 1. The molecule has 7 heteroatoms. The van der Waals surface area contributed by atoms with Gasteiger partial charge in [-0.3, -0.25) is 14.5 Å². The van der Waals surface area contributed by atoms with Crippen LogP contribution in [0.4, 0.5) is 5.69 Å². The maximum atomic E-state index is 13.5. The van der Waals surface area contributed by atoms with E-state index in [1.807, 2.05) is 42.1 Å². The number of hydrogen-bond donors (Lipinski definition) is 1. The third-order valence-corrected chi connectivity index (χ3v) is 6.34. The maximum Gasteiger partial charge on any atom is 0.300 e. The lowest BCUT2D eigenvalue weighted by Gasteiger charge is -2.25. The van der Waals surface area contributed by atoms with Crippen molar-refractivity contribution in [2.24, 2.45) is 7.05 Å². The molecule has 2 heterocycles. The molecule has 1 amide bonds. The van der Waals surface area contributed by atoms with E-state index in [2.05, 4.69) is 0 Å². The molecule has 176 valence electrons. The van der Waals surface area contributed by atoms with E-state index in [0.717, 1.165) is 16.5 Å². The Morgan fingerprint density at radius 3 is 2.31 bits per heavy atom. The quantitative estimate of drug-likeness (QED) is 0.258. The Balaban J connectivity index is 1.80. The molecule has 0 spiro atoms. The summed E-state index contributed by atoms with van der Waals surface area (Å²) in [4.78, 5) is 28.3. The molecule has 4 aromatic rings. The van der Waals surface area contributed by atoms with Gasteiger partial charge in [0.05, 0.1) is 25.8 Å². The topological polar surface area (TPSA) is 81.0 Å². The van der Waals surface area contributed by atoms with Crippen molar-refractivity contribution in [3.05, 3.63) is 95.7 Å². The largest absolute Gasteiger partial charge is 0.507 e. The van der Waals surface area contributed by atoms with E-state index < -0.39 is 17.7 Å². The first-order chi connectivity index (χ1) is 16.9. The fourth-order valence-corrected chi connectivity index (χ4v) is 4.67. The molecule has 1 aliphatic rings. The second kappa shape index (κ2) is 8.68. The summed E-state index contributed by atoms with van der Waals surface area (Å²) in [7, 11) is 4.97. The second-order valence-electron chi connectivity index (χ2n) is 8.32. The smallest absolute Gasteiger partial charge is 0.300 e. The van der Waals surface area contributed by atoms with Gasteiger partial charge in [0.25, 0.3) is 11.7 Å². The van der Waals surface area contributed by atoms with Gasteiger partial charge in [0.15, 0.2) is 0 Å². The van der Waals surface area contributed by atoms with E-state index in [9.17, 15) is 14.7 Å². The number of amides is 1. The Labute approximate surface area is 202 Å². The summed E-state index contributed by atoms with van der Waals surface area (Å²) in [6, 6.07) is 20.7. The number of aromatic nitrogens is 1. The van der Waals surface area contributed by atoms with Gasteiger partial charge in [-0.15, -0.1) is 0 Å². The lowest BCUT2D eigenvalue weighted by Crippen LogP contribution is -2.29. The molecule has 1 fully saturated rings. The molecule has 1 aliphatic heterocycles. The Morgan fingerprint density at radius 2 is 1.57 bits per heavy atom. The van der Waals surface area contributed by atoms with E-state index in [0.29, 0.717) is 22.7 Å². The number of rotatable bonds is 5. The van der Waals surface area contributed by atoms with E-state index in [1.165, 1.54) is 19.1 Å². The normalized spacial score (nSPS) is 17.2. The number of aryl methyl sites for hydroxylation is 1. The number of anilines is 1. The van der Waals surface area contributed by atoms with Gasteiger partial charge in [0.1, 0.15) is 17.3 Å². The van der Waals surface area contributed by atoms with Crippen LogP contribution in [0, 0.1) is 0 Å². The van der Waals surface area contributed by atoms with Gasteiger partial charge in [-0.2, -0.15) is 0 Å². The van der Waals surface area contributed by atoms with Gasteiger partial charge in [0, 0.05) is 47.0 Å². The Kier molecular flexibility index (Phi) is 5.53. The highest BCUT2D eigenvalue weighted by Crippen LogP contribution is 2.45. The van der Waals surface area contributed by atoms with Crippen LogP contribution in [0.3, 0.4) is 0 Å². The van der Waals surface area contributed by atoms with Crippen molar-refractivity contribution >= 4 is 34.0 Å². The fraction of sp³-hybridized carbons (Fsp3) is 0.143. The van der Waals surface area contributed by atoms with Gasteiger partial charge in [-0.05, 0) is 30.3 Å². The summed E-state index contributed by atoms with van der Waals surface area (Å²) >= 11 is 0. The highest BCUT2D eigenvalue weighted by atomic mass is 16.5. The number of ketones is 1. The predicted octanol–water partition coefficient (Wildman–Crippen LogP) is 4.82. The number of carbonyl (C=O) groups is 2. The predicted molar refractivity (Wildman–Crippen MR) is 134 cm³/mol. The molecule has 0 saturated carbocycles. The number of Topliss-reactive ketones (excluding diaryl/α,β-unsaturated/α-hetero) is 1. The third-order valence-electron chi connectivity index (χ3n) is 6.34. The van der Waals surface area contributed by atoms with Gasteiger partial charge >= 0.3 is 0 Å². The van der Waals surface area contributed by atoms with Crippen LogP contribution in [0.25, 0.3) is 16.7 Å². The molecule has 7 nitrogen and oxygen atoms in total. The van der Waals surface area contributed by atoms with Crippen LogP contribution in [-0.2, 0) is 16.6 Å². The standard InChI is InChI=1S/C28H24N2O5/c1-29-16-22(21-12-4-5-13-23(21)29)25-24(26(31)17-8-6-10-19(14-17)34-2)27(32)28(33)30(25)18-9-7-11-20(15-18)35-3/h4-16,25,31H,1-3H3/b26-24+. The zero-order chi connectivity index (χ0) is 24.7. The zero-order valence-electron chi connectivity index (χ0n) is 19.6. The molecule has 0 aliphatic carbocycles. The first-order valence-corrected chi connectivity index (χ1v) is 11.1. The summed E-state index contributed by atoms with van der Waals surface area (Å²) in [5.74, 6) is -0.663. The number of ether oxygens (including phenoxy) is 2. The molecule has 0 bridgehead atoms. The minimum absolute atomic E-state index is 0.0161. The van der Waals surface area contributed by atoms with Gasteiger partial charge in [-0.1, -0.05) is 36.4 Å². The molecule has 5 rings (SSSR count). The Morgan fingerprint density at radius 1 is 0.886 bits per heavy atom. The lowest BCUT2D eigenvalue weighted by atomic mass is 9.94. The summed E-state index contributed by atoms with van der Waals surface area (Å²) in [5, 5.41) is 12.3. The van der Waals surface area contributed by atoms with E-state index >= 15 is 0 Å². The van der Waals surface area contributed by atoms with Crippen LogP contribution >= 0.6 is 0 Å².